The molecule has 0 saturated heterocycles. The Morgan fingerprint density at radius 2 is 1.64 bits per heavy atom. The van der Waals surface area contributed by atoms with E-state index < -0.39 is 6.61 Å². The molecule has 3 nitrogen and oxygen atoms in total. The maximum atomic E-state index is 12.5. The van der Waals surface area contributed by atoms with Gasteiger partial charge in [0.05, 0.1) is 6.04 Å². The molecule has 25 heavy (non-hydrogen) atoms. The number of benzene rings is 2. The second-order valence-corrected chi connectivity index (χ2v) is 6.19. The number of carbonyl (C=O) groups is 1. The Balaban J connectivity index is 2.11. The summed E-state index contributed by atoms with van der Waals surface area (Å²) in [6.07, 6.45) is 0.964. The molecule has 1 amide bonds. The van der Waals surface area contributed by atoms with Crippen molar-refractivity contribution in [2.75, 3.05) is 0 Å². The Hall–Kier alpha value is -2.43. The van der Waals surface area contributed by atoms with Gasteiger partial charge in [-0.2, -0.15) is 8.78 Å². The zero-order chi connectivity index (χ0) is 18.4. The van der Waals surface area contributed by atoms with Gasteiger partial charge in [-0.15, -0.1) is 0 Å². The van der Waals surface area contributed by atoms with Crippen LogP contribution in [0.5, 0.6) is 5.75 Å². The SMILES string of the molecule is CCc1ccc([C@H](NC(=O)c2ccc(OC(F)F)cc2)C(C)C)cc1. The number of aryl methyl sites for hydroxylation is 1. The smallest absolute Gasteiger partial charge is 0.387 e. The molecule has 0 spiro atoms. The Morgan fingerprint density at radius 3 is 2.12 bits per heavy atom. The minimum absolute atomic E-state index is 0.0297. The number of rotatable bonds is 7. The number of nitrogens with one attached hydrogen (secondary N) is 1. The van der Waals surface area contributed by atoms with Crippen LogP contribution in [0.25, 0.3) is 0 Å². The van der Waals surface area contributed by atoms with Crippen molar-refractivity contribution in [1.29, 1.82) is 0 Å². The van der Waals surface area contributed by atoms with Gasteiger partial charge in [0.1, 0.15) is 5.75 Å². The van der Waals surface area contributed by atoms with Crippen molar-refractivity contribution in [3.8, 4) is 5.75 Å². The van der Waals surface area contributed by atoms with E-state index >= 15 is 0 Å². The van der Waals surface area contributed by atoms with Gasteiger partial charge in [-0.1, -0.05) is 45.0 Å². The molecular weight excluding hydrogens is 324 g/mol. The number of amides is 1. The van der Waals surface area contributed by atoms with Crippen molar-refractivity contribution < 1.29 is 18.3 Å². The normalized spacial score (nSPS) is 12.3. The summed E-state index contributed by atoms with van der Waals surface area (Å²) in [7, 11) is 0. The summed E-state index contributed by atoms with van der Waals surface area (Å²) in [4.78, 5) is 12.5. The molecular formula is C20H23F2NO2. The summed E-state index contributed by atoms with van der Waals surface area (Å²) in [6.45, 7) is 3.30. The zero-order valence-corrected chi connectivity index (χ0v) is 14.6. The number of ether oxygens (including phenoxy) is 1. The highest BCUT2D eigenvalue weighted by molar-refractivity contribution is 5.94. The lowest BCUT2D eigenvalue weighted by Crippen LogP contribution is -2.31. The summed E-state index contributed by atoms with van der Waals surface area (Å²) in [5.41, 5.74) is 2.68. The van der Waals surface area contributed by atoms with E-state index in [4.69, 9.17) is 0 Å². The first-order chi connectivity index (χ1) is 11.9. The lowest BCUT2D eigenvalue weighted by molar-refractivity contribution is -0.0498. The van der Waals surface area contributed by atoms with Crippen LogP contribution in [-0.2, 0) is 6.42 Å². The quantitative estimate of drug-likeness (QED) is 0.767. The molecule has 0 radical (unpaired) electrons. The van der Waals surface area contributed by atoms with Crippen LogP contribution in [0, 0.1) is 5.92 Å². The van der Waals surface area contributed by atoms with Crippen molar-refractivity contribution in [1.82, 2.24) is 5.32 Å². The molecule has 0 aliphatic carbocycles. The number of hydrogen-bond donors (Lipinski definition) is 1. The maximum absolute atomic E-state index is 12.5. The second kappa shape index (κ2) is 8.60. The molecule has 5 heteroatoms. The van der Waals surface area contributed by atoms with Crippen LogP contribution in [0.1, 0.15) is 48.3 Å². The molecule has 0 unspecified atom stereocenters. The molecule has 0 bridgehead atoms. The first-order valence-electron chi connectivity index (χ1n) is 8.35. The van der Waals surface area contributed by atoms with Crippen LogP contribution in [0.2, 0.25) is 0 Å². The molecule has 1 atom stereocenters. The molecule has 0 aliphatic heterocycles. The van der Waals surface area contributed by atoms with Crippen molar-refractivity contribution in [2.45, 2.75) is 39.8 Å². The van der Waals surface area contributed by atoms with E-state index in [0.29, 0.717) is 5.56 Å². The average Bonchev–Trinajstić information content (AvgIpc) is 2.59. The van der Waals surface area contributed by atoms with Crippen LogP contribution in [0.15, 0.2) is 48.5 Å². The minimum Gasteiger partial charge on any atom is -0.435 e. The fourth-order valence-electron chi connectivity index (χ4n) is 2.61. The first-order valence-corrected chi connectivity index (χ1v) is 8.35. The number of hydrogen-bond acceptors (Lipinski definition) is 2. The monoisotopic (exact) mass is 347 g/mol. The van der Waals surface area contributed by atoms with E-state index in [2.05, 4.69) is 29.1 Å². The minimum atomic E-state index is -2.88. The second-order valence-electron chi connectivity index (χ2n) is 6.19. The third kappa shape index (κ3) is 5.28. The van der Waals surface area contributed by atoms with E-state index in [1.165, 1.54) is 29.8 Å². The van der Waals surface area contributed by atoms with Gasteiger partial charge in [-0.25, -0.2) is 0 Å². The summed E-state index contributed by atoms with van der Waals surface area (Å²) in [6, 6.07) is 13.7. The van der Waals surface area contributed by atoms with Gasteiger partial charge in [0.2, 0.25) is 0 Å². The van der Waals surface area contributed by atoms with Gasteiger partial charge in [-0.05, 0) is 47.7 Å². The topological polar surface area (TPSA) is 38.3 Å². The largest absolute Gasteiger partial charge is 0.435 e. The summed E-state index contributed by atoms with van der Waals surface area (Å²) in [5.74, 6) is -0.0122. The molecule has 0 aliphatic rings. The van der Waals surface area contributed by atoms with E-state index in [1.54, 1.807) is 0 Å². The molecule has 0 fully saturated rings. The average molecular weight is 347 g/mol. The van der Waals surface area contributed by atoms with Crippen molar-refractivity contribution in [2.24, 2.45) is 5.92 Å². The highest BCUT2D eigenvalue weighted by atomic mass is 19.3. The van der Waals surface area contributed by atoms with Crippen molar-refractivity contribution in [3.63, 3.8) is 0 Å². The lowest BCUT2D eigenvalue weighted by atomic mass is 9.94. The lowest BCUT2D eigenvalue weighted by Gasteiger charge is -2.23. The zero-order valence-electron chi connectivity index (χ0n) is 14.6. The third-order valence-electron chi connectivity index (χ3n) is 4.04. The van der Waals surface area contributed by atoms with E-state index in [-0.39, 0.29) is 23.6 Å². The Labute approximate surface area is 147 Å². The highest BCUT2D eigenvalue weighted by Gasteiger charge is 2.19. The van der Waals surface area contributed by atoms with Gasteiger partial charge in [0, 0.05) is 5.56 Å². The van der Waals surface area contributed by atoms with Gasteiger partial charge < -0.3 is 10.1 Å². The molecule has 1 N–H and O–H groups in total. The van der Waals surface area contributed by atoms with Gasteiger partial charge in [0.15, 0.2) is 0 Å². The van der Waals surface area contributed by atoms with Gasteiger partial charge in [-0.3, -0.25) is 4.79 Å². The van der Waals surface area contributed by atoms with Crippen LogP contribution < -0.4 is 10.1 Å². The molecule has 2 aromatic carbocycles. The van der Waals surface area contributed by atoms with Crippen LogP contribution in [-0.4, -0.2) is 12.5 Å². The third-order valence-corrected chi connectivity index (χ3v) is 4.04. The van der Waals surface area contributed by atoms with E-state index in [0.717, 1.165) is 12.0 Å². The number of alkyl halides is 2. The van der Waals surface area contributed by atoms with Crippen LogP contribution in [0.4, 0.5) is 8.78 Å². The van der Waals surface area contributed by atoms with E-state index in [9.17, 15) is 13.6 Å². The van der Waals surface area contributed by atoms with Crippen molar-refractivity contribution in [3.05, 3.63) is 65.2 Å². The summed E-state index contributed by atoms with van der Waals surface area (Å²) in [5, 5.41) is 3.02. The van der Waals surface area contributed by atoms with Crippen LogP contribution in [0.3, 0.4) is 0 Å². The Bertz CT molecular complexity index is 682. The summed E-state index contributed by atoms with van der Waals surface area (Å²) < 4.78 is 28.7. The maximum Gasteiger partial charge on any atom is 0.387 e. The molecule has 0 heterocycles. The van der Waals surface area contributed by atoms with E-state index in [1.807, 2.05) is 26.0 Å². The fourth-order valence-corrected chi connectivity index (χ4v) is 2.61. The predicted octanol–water partition coefficient (Wildman–Crippen LogP) is 4.98. The standard InChI is InChI=1S/C20H23F2NO2/c1-4-14-5-7-15(8-6-14)18(13(2)3)23-19(24)16-9-11-17(12-10-16)25-20(21)22/h5-13,18,20H,4H2,1-3H3,(H,23,24)/t18-/m1/s1. The van der Waals surface area contributed by atoms with Gasteiger partial charge in [0.25, 0.3) is 5.91 Å². The molecule has 134 valence electrons. The molecule has 2 rings (SSSR count). The van der Waals surface area contributed by atoms with Gasteiger partial charge >= 0.3 is 6.61 Å². The highest BCUT2D eigenvalue weighted by Crippen LogP contribution is 2.23. The molecule has 2 aromatic rings. The molecule has 0 saturated carbocycles. The Morgan fingerprint density at radius 1 is 1.04 bits per heavy atom. The Kier molecular flexibility index (Phi) is 6.51. The van der Waals surface area contributed by atoms with Crippen molar-refractivity contribution >= 4 is 5.91 Å². The summed E-state index contributed by atoms with van der Waals surface area (Å²) >= 11 is 0. The number of carbonyl (C=O) groups excluding carboxylic acids is 1. The first kappa shape index (κ1) is 18.9. The number of halogens is 2. The fraction of sp³-hybridized carbons (Fsp3) is 0.350. The molecule has 0 aromatic heterocycles. The predicted molar refractivity (Wildman–Crippen MR) is 93.9 cm³/mol. The van der Waals surface area contributed by atoms with Crippen LogP contribution >= 0.6 is 0 Å².